The number of halogens is 1. The number of aldehydes is 1. The first-order valence-corrected chi connectivity index (χ1v) is 5.57. The summed E-state index contributed by atoms with van der Waals surface area (Å²) < 4.78 is 0. The molecule has 0 amide bonds. The van der Waals surface area contributed by atoms with Crippen molar-refractivity contribution in [3.63, 3.8) is 0 Å². The van der Waals surface area contributed by atoms with Crippen molar-refractivity contribution in [1.82, 2.24) is 0 Å². The van der Waals surface area contributed by atoms with E-state index in [0.29, 0.717) is 12.2 Å². The van der Waals surface area contributed by atoms with Gasteiger partial charge < -0.3 is 21.0 Å². The summed E-state index contributed by atoms with van der Waals surface area (Å²) in [6.45, 7) is 0.559. The molecule has 1 aliphatic heterocycles. The second kappa shape index (κ2) is 5.56. The quantitative estimate of drug-likeness (QED) is 0.583. The van der Waals surface area contributed by atoms with Gasteiger partial charge in [0.2, 0.25) is 0 Å². The van der Waals surface area contributed by atoms with Crippen molar-refractivity contribution in [3.8, 4) is 5.75 Å². The normalized spacial score (nSPS) is 17.2. The number of benzene rings is 1. The van der Waals surface area contributed by atoms with Crippen LogP contribution in [0.15, 0.2) is 17.0 Å². The van der Waals surface area contributed by atoms with Crippen LogP contribution < -0.4 is 11.1 Å². The lowest BCUT2D eigenvalue weighted by Gasteiger charge is -2.06. The average Bonchev–Trinajstić information content (AvgIpc) is 2.67. The summed E-state index contributed by atoms with van der Waals surface area (Å²) in [5, 5.41) is 12.3. The SMILES string of the molecule is Br.NCCc1ccc(O)c2c1SC(C=O)N2. The van der Waals surface area contributed by atoms with Crippen molar-refractivity contribution in [2.75, 3.05) is 11.9 Å². The molecule has 1 heterocycles. The minimum absolute atomic E-state index is 0. The second-order valence-corrected chi connectivity index (χ2v) is 4.46. The maximum atomic E-state index is 10.7. The number of carbonyl (C=O) groups excluding carboxylic acids is 1. The fourth-order valence-corrected chi connectivity index (χ4v) is 2.69. The van der Waals surface area contributed by atoms with E-state index in [4.69, 9.17) is 5.73 Å². The van der Waals surface area contributed by atoms with Crippen LogP contribution in [-0.4, -0.2) is 23.3 Å². The standard InChI is InChI=1S/C10H12N2O2S.BrH/c11-4-3-6-1-2-7(14)9-10(6)15-8(5-13)12-9;/h1-2,5,8,12,14H,3-4,11H2;1H. The fraction of sp³-hybridized carbons (Fsp3) is 0.300. The summed E-state index contributed by atoms with van der Waals surface area (Å²) in [5.74, 6) is 0.183. The van der Waals surface area contributed by atoms with Crippen LogP contribution >= 0.6 is 28.7 Å². The molecular weight excluding hydrogens is 292 g/mol. The van der Waals surface area contributed by atoms with Gasteiger partial charge in [-0.25, -0.2) is 0 Å². The fourth-order valence-electron chi connectivity index (χ4n) is 1.60. The van der Waals surface area contributed by atoms with E-state index in [2.05, 4.69) is 5.32 Å². The highest BCUT2D eigenvalue weighted by Crippen LogP contribution is 2.45. The van der Waals surface area contributed by atoms with Crippen LogP contribution in [0.1, 0.15) is 5.56 Å². The monoisotopic (exact) mass is 304 g/mol. The molecule has 0 spiro atoms. The van der Waals surface area contributed by atoms with Crippen LogP contribution in [0, 0.1) is 0 Å². The molecule has 0 bridgehead atoms. The smallest absolute Gasteiger partial charge is 0.152 e. The largest absolute Gasteiger partial charge is 0.506 e. The van der Waals surface area contributed by atoms with Crippen LogP contribution in [-0.2, 0) is 11.2 Å². The summed E-state index contributed by atoms with van der Waals surface area (Å²) in [4.78, 5) is 11.6. The zero-order chi connectivity index (χ0) is 10.8. The Morgan fingerprint density at radius 1 is 1.56 bits per heavy atom. The van der Waals surface area contributed by atoms with Crippen molar-refractivity contribution in [2.24, 2.45) is 5.73 Å². The lowest BCUT2D eigenvalue weighted by molar-refractivity contribution is -0.107. The topological polar surface area (TPSA) is 75.3 Å². The summed E-state index contributed by atoms with van der Waals surface area (Å²) in [6.07, 6.45) is 1.58. The molecule has 2 rings (SSSR count). The number of hydrogen-bond donors (Lipinski definition) is 3. The van der Waals surface area contributed by atoms with Gasteiger partial charge in [-0.2, -0.15) is 0 Å². The number of nitrogens with one attached hydrogen (secondary N) is 1. The molecule has 4 N–H and O–H groups in total. The molecule has 0 aliphatic carbocycles. The van der Waals surface area contributed by atoms with Gasteiger partial charge in [-0.1, -0.05) is 17.8 Å². The number of thioether (sulfide) groups is 1. The molecule has 0 radical (unpaired) electrons. The first-order chi connectivity index (χ1) is 7.26. The predicted molar refractivity (Wildman–Crippen MR) is 70.5 cm³/mol. The van der Waals surface area contributed by atoms with Gasteiger partial charge in [0.25, 0.3) is 0 Å². The molecule has 6 heteroatoms. The van der Waals surface area contributed by atoms with Crippen LogP contribution in [0.4, 0.5) is 5.69 Å². The number of nitrogens with two attached hydrogens (primary N) is 1. The summed E-state index contributed by atoms with van der Waals surface area (Å²) in [5.41, 5.74) is 7.23. The zero-order valence-corrected chi connectivity index (χ0v) is 11.0. The number of fused-ring (bicyclic) bond motifs is 1. The van der Waals surface area contributed by atoms with Gasteiger partial charge in [-0.15, -0.1) is 17.0 Å². The van der Waals surface area contributed by atoms with Crippen molar-refractivity contribution < 1.29 is 9.90 Å². The van der Waals surface area contributed by atoms with Crippen LogP contribution in [0.2, 0.25) is 0 Å². The third-order valence-electron chi connectivity index (χ3n) is 2.29. The third-order valence-corrected chi connectivity index (χ3v) is 3.47. The predicted octanol–water partition coefficient (Wildman–Crippen LogP) is 1.51. The minimum Gasteiger partial charge on any atom is -0.506 e. The molecule has 0 fully saturated rings. The Hall–Kier alpha value is -0.720. The van der Waals surface area contributed by atoms with E-state index in [-0.39, 0.29) is 28.1 Å². The van der Waals surface area contributed by atoms with Crippen LogP contribution in [0.25, 0.3) is 0 Å². The Bertz CT molecular complexity index is 401. The summed E-state index contributed by atoms with van der Waals surface area (Å²) in [7, 11) is 0. The molecule has 0 saturated heterocycles. The Kier molecular flexibility index (Phi) is 4.64. The zero-order valence-electron chi connectivity index (χ0n) is 8.47. The van der Waals surface area contributed by atoms with Crippen molar-refractivity contribution in [2.45, 2.75) is 16.7 Å². The van der Waals surface area contributed by atoms with Gasteiger partial charge in [-0.3, -0.25) is 0 Å². The number of phenolic OH excluding ortho intramolecular Hbond substituents is 1. The number of rotatable bonds is 3. The summed E-state index contributed by atoms with van der Waals surface area (Å²) >= 11 is 1.42. The lowest BCUT2D eigenvalue weighted by Crippen LogP contribution is -2.10. The van der Waals surface area contributed by atoms with Crippen LogP contribution in [0.5, 0.6) is 5.75 Å². The molecule has 4 nitrogen and oxygen atoms in total. The highest BCUT2D eigenvalue weighted by molar-refractivity contribution is 8.93. The van der Waals surface area contributed by atoms with Gasteiger partial charge in [0.15, 0.2) is 6.29 Å². The number of phenols is 1. The van der Waals surface area contributed by atoms with E-state index in [1.165, 1.54) is 11.8 Å². The third kappa shape index (κ3) is 2.34. The molecule has 16 heavy (non-hydrogen) atoms. The van der Waals surface area contributed by atoms with E-state index in [1.54, 1.807) is 6.07 Å². The van der Waals surface area contributed by atoms with E-state index >= 15 is 0 Å². The summed E-state index contributed by atoms with van der Waals surface area (Å²) in [6, 6.07) is 3.48. The Morgan fingerprint density at radius 2 is 2.31 bits per heavy atom. The molecule has 1 unspecified atom stereocenters. The Morgan fingerprint density at radius 3 is 2.94 bits per heavy atom. The lowest BCUT2D eigenvalue weighted by atomic mass is 10.1. The molecule has 88 valence electrons. The maximum Gasteiger partial charge on any atom is 0.152 e. The molecule has 0 aromatic heterocycles. The van der Waals surface area contributed by atoms with Gasteiger partial charge in [0, 0.05) is 4.90 Å². The molecule has 1 aromatic rings. The molecule has 0 saturated carbocycles. The van der Waals surface area contributed by atoms with Gasteiger partial charge in [-0.05, 0) is 24.6 Å². The average molecular weight is 305 g/mol. The maximum absolute atomic E-state index is 10.7. The van der Waals surface area contributed by atoms with Crippen molar-refractivity contribution in [1.29, 1.82) is 0 Å². The van der Waals surface area contributed by atoms with Crippen molar-refractivity contribution in [3.05, 3.63) is 17.7 Å². The highest BCUT2D eigenvalue weighted by Gasteiger charge is 2.25. The van der Waals surface area contributed by atoms with Crippen LogP contribution in [0.3, 0.4) is 0 Å². The number of carbonyl (C=O) groups is 1. The van der Waals surface area contributed by atoms with Gasteiger partial charge in [0.1, 0.15) is 11.1 Å². The van der Waals surface area contributed by atoms with E-state index in [1.807, 2.05) is 6.07 Å². The van der Waals surface area contributed by atoms with Crippen molar-refractivity contribution >= 4 is 40.7 Å². The number of aromatic hydroxyl groups is 1. The molecule has 1 atom stereocenters. The molecule has 1 aromatic carbocycles. The first kappa shape index (κ1) is 13.3. The van der Waals surface area contributed by atoms with Gasteiger partial charge >= 0.3 is 0 Å². The highest BCUT2D eigenvalue weighted by atomic mass is 79.9. The van der Waals surface area contributed by atoms with E-state index < -0.39 is 0 Å². The second-order valence-electron chi connectivity index (χ2n) is 3.31. The van der Waals surface area contributed by atoms with E-state index in [0.717, 1.165) is 23.2 Å². The number of hydrogen-bond acceptors (Lipinski definition) is 5. The van der Waals surface area contributed by atoms with Gasteiger partial charge in [0.05, 0.1) is 5.69 Å². The number of anilines is 1. The first-order valence-electron chi connectivity index (χ1n) is 4.69. The Labute approximate surface area is 108 Å². The molecular formula is C10H13BrN2O2S. The van der Waals surface area contributed by atoms with E-state index in [9.17, 15) is 9.90 Å². The Balaban J connectivity index is 0.00000128. The molecule has 1 aliphatic rings. The minimum atomic E-state index is -0.301.